The van der Waals surface area contributed by atoms with Crippen LogP contribution >= 0.6 is 23.1 Å². The lowest BCUT2D eigenvalue weighted by atomic mass is 10.2. The monoisotopic (exact) mass is 411 g/mol. The molecule has 142 valence electrons. The summed E-state index contributed by atoms with van der Waals surface area (Å²) in [6.45, 7) is 2.90. The molecule has 0 aliphatic carbocycles. The van der Waals surface area contributed by atoms with Crippen molar-refractivity contribution in [1.29, 1.82) is 0 Å². The Balaban J connectivity index is 1.19. The molecule has 4 aromatic rings. The van der Waals surface area contributed by atoms with Gasteiger partial charge in [0.2, 0.25) is 5.91 Å². The van der Waals surface area contributed by atoms with Crippen LogP contribution in [0.3, 0.4) is 0 Å². The number of hydrogen-bond acceptors (Lipinski definition) is 8. The molecule has 7 nitrogen and oxygen atoms in total. The first kappa shape index (κ1) is 17.4. The van der Waals surface area contributed by atoms with Gasteiger partial charge in [-0.1, -0.05) is 23.9 Å². The highest BCUT2D eigenvalue weighted by molar-refractivity contribution is 7.99. The van der Waals surface area contributed by atoms with Gasteiger partial charge in [-0.25, -0.2) is 15.0 Å². The van der Waals surface area contributed by atoms with Gasteiger partial charge < -0.3 is 14.2 Å². The average molecular weight is 412 g/mol. The van der Waals surface area contributed by atoms with Gasteiger partial charge in [0.1, 0.15) is 22.5 Å². The summed E-state index contributed by atoms with van der Waals surface area (Å²) in [4.78, 5) is 30.9. The van der Waals surface area contributed by atoms with Crippen LogP contribution < -0.4 is 4.90 Å². The zero-order valence-corrected chi connectivity index (χ0v) is 16.6. The molecular formula is C19H17N5O2S2. The van der Waals surface area contributed by atoms with Crippen LogP contribution in [-0.2, 0) is 4.79 Å². The van der Waals surface area contributed by atoms with Crippen LogP contribution in [-0.4, -0.2) is 57.7 Å². The van der Waals surface area contributed by atoms with Crippen LogP contribution in [0.25, 0.3) is 21.3 Å². The minimum Gasteiger partial charge on any atom is -0.431 e. The van der Waals surface area contributed by atoms with E-state index in [0.717, 1.165) is 40.2 Å². The number of fused-ring (bicyclic) bond motifs is 2. The minimum absolute atomic E-state index is 0.107. The second-order valence-corrected chi connectivity index (χ2v) is 8.26. The lowest BCUT2D eigenvalue weighted by molar-refractivity contribution is -0.128. The Morgan fingerprint density at radius 3 is 2.86 bits per heavy atom. The van der Waals surface area contributed by atoms with Crippen molar-refractivity contribution in [3.05, 3.63) is 42.0 Å². The van der Waals surface area contributed by atoms with E-state index in [0.29, 0.717) is 24.1 Å². The molecule has 0 unspecified atom stereocenters. The Morgan fingerprint density at radius 1 is 1.14 bits per heavy atom. The molecule has 0 atom stereocenters. The van der Waals surface area contributed by atoms with E-state index in [4.69, 9.17) is 4.42 Å². The number of piperazine rings is 1. The van der Waals surface area contributed by atoms with Crippen molar-refractivity contribution in [1.82, 2.24) is 19.9 Å². The highest BCUT2D eigenvalue weighted by Gasteiger charge is 2.23. The number of thioether (sulfide) groups is 1. The Bertz CT molecular complexity index is 1100. The first-order chi connectivity index (χ1) is 13.8. The highest BCUT2D eigenvalue weighted by Crippen LogP contribution is 2.28. The molecule has 1 aromatic carbocycles. The summed E-state index contributed by atoms with van der Waals surface area (Å²) >= 11 is 2.96. The van der Waals surface area contributed by atoms with Crippen molar-refractivity contribution in [3.8, 4) is 0 Å². The standard InChI is InChI=1S/C19H17N5O2S2/c25-16(11-28-19-22-14-3-1-2-4-15(14)26-19)23-6-8-24(9-7-23)17-13-5-10-27-18(13)21-12-20-17/h1-5,10,12H,6-9,11H2. The zero-order chi connectivity index (χ0) is 18.9. The summed E-state index contributed by atoms with van der Waals surface area (Å²) in [5, 5.41) is 3.65. The number of anilines is 1. The first-order valence-electron chi connectivity index (χ1n) is 8.97. The average Bonchev–Trinajstić information content (AvgIpc) is 3.38. The fraction of sp³-hybridized carbons (Fsp3) is 0.263. The largest absolute Gasteiger partial charge is 0.431 e. The summed E-state index contributed by atoms with van der Waals surface area (Å²) in [6.07, 6.45) is 1.61. The molecule has 4 heterocycles. The van der Waals surface area contributed by atoms with Crippen LogP contribution in [0.1, 0.15) is 0 Å². The molecule has 1 aliphatic heterocycles. The van der Waals surface area contributed by atoms with Crippen molar-refractivity contribution < 1.29 is 9.21 Å². The topological polar surface area (TPSA) is 75.4 Å². The number of amides is 1. The van der Waals surface area contributed by atoms with Crippen LogP contribution in [0, 0.1) is 0 Å². The Labute approximate surface area is 169 Å². The summed E-state index contributed by atoms with van der Waals surface area (Å²) < 4.78 is 5.67. The highest BCUT2D eigenvalue weighted by atomic mass is 32.2. The van der Waals surface area contributed by atoms with E-state index >= 15 is 0 Å². The van der Waals surface area contributed by atoms with Crippen molar-refractivity contribution in [2.45, 2.75) is 5.22 Å². The number of hydrogen-bond donors (Lipinski definition) is 0. The Morgan fingerprint density at radius 2 is 2.00 bits per heavy atom. The second kappa shape index (κ2) is 7.40. The number of benzene rings is 1. The van der Waals surface area contributed by atoms with Gasteiger partial charge in [-0.3, -0.25) is 4.79 Å². The molecule has 5 rings (SSSR count). The van der Waals surface area contributed by atoms with Crippen molar-refractivity contribution in [3.63, 3.8) is 0 Å². The molecule has 1 aliphatic rings. The molecule has 1 saturated heterocycles. The Hall–Kier alpha value is -2.65. The van der Waals surface area contributed by atoms with E-state index in [2.05, 4.69) is 25.9 Å². The molecular weight excluding hydrogens is 394 g/mol. The number of carbonyl (C=O) groups is 1. The smallest absolute Gasteiger partial charge is 0.257 e. The van der Waals surface area contributed by atoms with Crippen molar-refractivity contribution in [2.75, 3.05) is 36.8 Å². The number of rotatable bonds is 4. The Kier molecular flexibility index (Phi) is 4.61. The third kappa shape index (κ3) is 3.31. The second-order valence-electron chi connectivity index (χ2n) is 6.44. The van der Waals surface area contributed by atoms with Gasteiger partial charge in [-0.2, -0.15) is 0 Å². The summed E-state index contributed by atoms with van der Waals surface area (Å²) in [5.41, 5.74) is 1.56. The van der Waals surface area contributed by atoms with Gasteiger partial charge in [-0.15, -0.1) is 11.3 Å². The lowest BCUT2D eigenvalue weighted by Crippen LogP contribution is -2.49. The third-order valence-electron chi connectivity index (χ3n) is 4.77. The van der Waals surface area contributed by atoms with E-state index in [9.17, 15) is 4.79 Å². The molecule has 1 amide bonds. The number of oxazole rings is 1. The van der Waals surface area contributed by atoms with E-state index in [1.807, 2.05) is 34.5 Å². The van der Waals surface area contributed by atoms with E-state index in [1.165, 1.54) is 11.8 Å². The molecule has 0 radical (unpaired) electrons. The van der Waals surface area contributed by atoms with Gasteiger partial charge in [0.15, 0.2) is 5.58 Å². The third-order valence-corrected chi connectivity index (χ3v) is 6.40. The van der Waals surface area contributed by atoms with Gasteiger partial charge >= 0.3 is 0 Å². The fourth-order valence-corrected chi connectivity index (χ4v) is 4.79. The molecule has 0 saturated carbocycles. The summed E-state index contributed by atoms with van der Waals surface area (Å²) in [7, 11) is 0. The molecule has 1 fully saturated rings. The molecule has 0 spiro atoms. The lowest BCUT2D eigenvalue weighted by Gasteiger charge is -2.35. The van der Waals surface area contributed by atoms with E-state index < -0.39 is 0 Å². The molecule has 3 aromatic heterocycles. The maximum atomic E-state index is 12.6. The maximum Gasteiger partial charge on any atom is 0.257 e. The SMILES string of the molecule is O=C(CSc1nc2ccccc2o1)N1CCN(c2ncnc3sccc23)CC1. The van der Waals surface area contributed by atoms with Gasteiger partial charge in [0.05, 0.1) is 11.1 Å². The van der Waals surface area contributed by atoms with Gasteiger partial charge in [0, 0.05) is 26.2 Å². The fourth-order valence-electron chi connectivity index (χ4n) is 3.32. The van der Waals surface area contributed by atoms with Crippen LogP contribution in [0.5, 0.6) is 0 Å². The number of nitrogens with zero attached hydrogens (tertiary/aromatic N) is 5. The normalized spacial score (nSPS) is 14.9. The number of thiophene rings is 1. The van der Waals surface area contributed by atoms with Crippen molar-refractivity contribution in [2.24, 2.45) is 0 Å². The number of aromatic nitrogens is 3. The van der Waals surface area contributed by atoms with E-state index in [1.54, 1.807) is 17.7 Å². The summed E-state index contributed by atoms with van der Waals surface area (Å²) in [6, 6.07) is 9.68. The predicted octanol–water partition coefficient (Wildman–Crippen LogP) is 3.27. The van der Waals surface area contributed by atoms with E-state index in [-0.39, 0.29) is 5.91 Å². The quantitative estimate of drug-likeness (QED) is 0.477. The summed E-state index contributed by atoms with van der Waals surface area (Å²) in [5.74, 6) is 1.39. The first-order valence-corrected chi connectivity index (χ1v) is 10.8. The van der Waals surface area contributed by atoms with Crippen LogP contribution in [0.2, 0.25) is 0 Å². The predicted molar refractivity (Wildman–Crippen MR) is 111 cm³/mol. The molecule has 28 heavy (non-hydrogen) atoms. The van der Waals surface area contributed by atoms with Gasteiger partial charge in [0.25, 0.3) is 5.22 Å². The number of carbonyl (C=O) groups excluding carboxylic acids is 1. The molecule has 0 bridgehead atoms. The minimum atomic E-state index is 0.107. The van der Waals surface area contributed by atoms with Gasteiger partial charge in [-0.05, 0) is 23.6 Å². The van der Waals surface area contributed by atoms with Crippen molar-refractivity contribution >= 4 is 56.1 Å². The van der Waals surface area contributed by atoms with Crippen LogP contribution in [0.15, 0.2) is 51.7 Å². The zero-order valence-electron chi connectivity index (χ0n) is 14.9. The molecule has 9 heteroatoms. The maximum absolute atomic E-state index is 12.6. The molecule has 0 N–H and O–H groups in total. The van der Waals surface area contributed by atoms with Crippen LogP contribution in [0.4, 0.5) is 5.82 Å². The number of para-hydroxylation sites is 2.